The molecule has 436 valence electrons. The Labute approximate surface area is 463 Å². The lowest BCUT2D eigenvalue weighted by molar-refractivity contribution is -0.132. The largest absolute Gasteiger partial charge is 0.393 e. The van der Waals surface area contributed by atoms with E-state index in [-0.39, 0.29) is 24.8 Å². The third-order valence-corrected chi connectivity index (χ3v) is 15.8. The lowest BCUT2D eigenvalue weighted by Crippen LogP contribution is -2.45. The van der Waals surface area contributed by atoms with Gasteiger partial charge in [0, 0.05) is 36.9 Å². The molecule has 0 radical (unpaired) electrons. The smallest absolute Gasteiger partial charge is 0.351 e. The lowest BCUT2D eigenvalue weighted by atomic mass is 9.92. The number of hydrogen-bond acceptors (Lipinski definition) is 22. The zero-order valence-corrected chi connectivity index (χ0v) is 45.7. The topological polar surface area (TPSA) is 430 Å². The van der Waals surface area contributed by atoms with E-state index < -0.39 is 140 Å². The molecule has 0 saturated carbocycles. The van der Waals surface area contributed by atoms with Crippen molar-refractivity contribution < 1.29 is 59.8 Å². The van der Waals surface area contributed by atoms with E-state index in [1.54, 1.807) is 13.8 Å². The average molecular weight is 1190 g/mol. The van der Waals surface area contributed by atoms with Gasteiger partial charge in [0.05, 0.1) is 26.4 Å². The number of ether oxygens (including phenoxy) is 4. The van der Waals surface area contributed by atoms with E-state index in [1.165, 1.54) is 47.6 Å². The minimum atomic E-state index is -1.20. The van der Waals surface area contributed by atoms with Crippen molar-refractivity contribution in [3.8, 4) is 0 Å². The Balaban J connectivity index is 0.000000192. The summed E-state index contributed by atoms with van der Waals surface area (Å²) in [5.74, 6) is 0.188. The number of nitrogens with one attached hydrogen (secondary N) is 2. The molecule has 78 heavy (non-hydrogen) atoms. The van der Waals surface area contributed by atoms with Crippen LogP contribution in [-0.2, 0) is 18.9 Å². The monoisotopic (exact) mass is 1190 g/mol. The molecule has 4 aromatic heterocycles. The number of aromatic amines is 2. The Hall–Kier alpha value is -4.60. The Bertz CT molecular complexity index is 2990. The van der Waals surface area contributed by atoms with Gasteiger partial charge in [-0.05, 0) is 37.8 Å². The summed E-state index contributed by atoms with van der Waals surface area (Å²) in [5, 5.41) is 75.0. The summed E-state index contributed by atoms with van der Waals surface area (Å²) in [6.45, 7) is 5.70. The number of aliphatic hydroxyl groups excluding tert-OH is 8. The summed E-state index contributed by atoms with van der Waals surface area (Å²) in [6, 6.07) is 5.20. The number of hydrogen-bond donors (Lipinski definition) is 12. The van der Waals surface area contributed by atoms with E-state index in [9.17, 15) is 69.6 Å². The molecule has 0 aromatic carbocycles. The summed E-state index contributed by atoms with van der Waals surface area (Å²) in [6.07, 6.45) is 0.138. The van der Waals surface area contributed by atoms with Gasteiger partial charge >= 0.3 is 22.8 Å². The molecule has 8 rings (SSSR count). The highest BCUT2D eigenvalue weighted by Crippen LogP contribution is 2.45. The van der Waals surface area contributed by atoms with Gasteiger partial charge in [0.25, 0.3) is 11.1 Å². The second-order valence-electron chi connectivity index (χ2n) is 18.8. The number of alkyl halides is 4. The molecule has 4 aromatic rings. The van der Waals surface area contributed by atoms with Crippen molar-refractivity contribution >= 4 is 58.0 Å². The van der Waals surface area contributed by atoms with Crippen molar-refractivity contribution in [1.82, 2.24) is 38.2 Å². The molecule has 4 aliphatic heterocycles. The second kappa shape index (κ2) is 26.8. The Morgan fingerprint density at radius 1 is 0.487 bits per heavy atom. The maximum absolute atomic E-state index is 11.8. The Kier molecular flexibility index (Phi) is 22.0. The third-order valence-electron chi connectivity index (χ3n) is 14.0. The summed E-state index contributed by atoms with van der Waals surface area (Å²) >= 11 is 24.5. The first-order valence-corrected chi connectivity index (χ1v) is 26.3. The van der Waals surface area contributed by atoms with Crippen LogP contribution in [0, 0.1) is 0 Å². The predicted octanol–water partition coefficient (Wildman–Crippen LogP) is -1.94. The fourth-order valence-electron chi connectivity index (χ4n) is 9.37. The van der Waals surface area contributed by atoms with Crippen LogP contribution in [-0.4, -0.2) is 174 Å². The molecule has 0 amide bonds. The summed E-state index contributed by atoms with van der Waals surface area (Å²) in [5.41, 5.74) is 2.46. The van der Waals surface area contributed by atoms with Gasteiger partial charge < -0.3 is 71.3 Å². The highest BCUT2D eigenvalue weighted by Gasteiger charge is 2.57. The van der Waals surface area contributed by atoms with Gasteiger partial charge in [-0.25, -0.2) is 19.2 Å². The molecule has 16 atom stereocenters. The molecule has 14 N–H and O–H groups in total. The first kappa shape index (κ1) is 64.2. The van der Waals surface area contributed by atoms with Gasteiger partial charge in [0.1, 0.15) is 80.0 Å². The molecule has 28 nitrogen and oxygen atoms in total. The summed E-state index contributed by atoms with van der Waals surface area (Å²) < 4.78 is 27.1. The molecule has 4 aliphatic rings. The van der Waals surface area contributed by atoms with Crippen molar-refractivity contribution in [2.45, 2.75) is 159 Å². The van der Waals surface area contributed by atoms with E-state index in [2.05, 4.69) is 19.9 Å². The number of anilines is 2. The fraction of sp³-hybridized carbons (Fsp3) is 0.652. The van der Waals surface area contributed by atoms with Crippen LogP contribution in [0.25, 0.3) is 0 Å². The SMILES string of the molecule is CCC[C@]1(CO)O[C@@H](n2ccc(=O)[nH]c2=O)[C@H](Cl)[C@@H]1O.CCC[C@]1(CO)O[C@@H](n2ccc(N)nc2=O)[C@H](Cl)[C@@H]1O.CC[C@]1(CO)O[C@@H](n2ccc(=O)[nH]c2=O)[C@H](Cl)[C@@H]1O.CC[C@]1(CO)O[C@@H](n2ccc(N)nc2=O)[C@H](Cl)[C@@H]1O. The van der Waals surface area contributed by atoms with Crippen LogP contribution in [0.1, 0.15) is 91.1 Å². The minimum absolute atomic E-state index is 0.0924. The first-order chi connectivity index (χ1) is 36.8. The average Bonchev–Trinajstić information content (AvgIpc) is 4.01. The number of nitrogens with zero attached hydrogens (tertiary/aromatic N) is 6. The van der Waals surface area contributed by atoms with Crippen LogP contribution in [0.3, 0.4) is 0 Å². The maximum Gasteiger partial charge on any atom is 0.351 e. The van der Waals surface area contributed by atoms with Crippen LogP contribution in [0.5, 0.6) is 0 Å². The summed E-state index contributed by atoms with van der Waals surface area (Å²) in [7, 11) is 0. The fourth-order valence-corrected chi connectivity index (χ4v) is 11.0. The normalized spacial score (nSPS) is 34.1. The number of nitrogens with two attached hydrogens (primary N) is 2. The quantitative estimate of drug-likeness (QED) is 0.0611. The van der Waals surface area contributed by atoms with Crippen LogP contribution in [0.2, 0.25) is 0 Å². The van der Waals surface area contributed by atoms with E-state index in [1.807, 2.05) is 13.8 Å². The number of nitrogen functional groups attached to an aromatic ring is 2. The van der Waals surface area contributed by atoms with Gasteiger partial charge in [0.2, 0.25) is 0 Å². The first-order valence-electron chi connectivity index (χ1n) is 24.6. The van der Waals surface area contributed by atoms with Crippen molar-refractivity contribution in [1.29, 1.82) is 0 Å². The van der Waals surface area contributed by atoms with Crippen molar-refractivity contribution in [3.63, 3.8) is 0 Å². The van der Waals surface area contributed by atoms with Gasteiger partial charge in [-0.3, -0.25) is 37.8 Å². The number of aromatic nitrogens is 8. The van der Waals surface area contributed by atoms with E-state index in [4.69, 9.17) is 76.8 Å². The molecular formula is C46H66Cl4N10O18. The van der Waals surface area contributed by atoms with Crippen molar-refractivity contribution in [3.05, 3.63) is 112 Å². The van der Waals surface area contributed by atoms with Gasteiger partial charge in [0.15, 0.2) is 24.9 Å². The second-order valence-corrected chi connectivity index (χ2v) is 20.8. The van der Waals surface area contributed by atoms with Crippen molar-refractivity contribution in [2.24, 2.45) is 0 Å². The molecule has 0 spiro atoms. The molecule has 32 heteroatoms. The van der Waals surface area contributed by atoms with E-state index in [0.717, 1.165) is 19.8 Å². The Morgan fingerprint density at radius 3 is 1.00 bits per heavy atom. The molecule has 8 heterocycles. The number of rotatable bonds is 14. The van der Waals surface area contributed by atoms with Gasteiger partial charge in [-0.15, -0.1) is 46.4 Å². The highest BCUT2D eigenvalue weighted by atomic mass is 35.5. The number of halogens is 4. The molecule has 0 unspecified atom stereocenters. The molecule has 0 aliphatic carbocycles. The third kappa shape index (κ3) is 12.9. The lowest BCUT2D eigenvalue weighted by Gasteiger charge is -2.29. The van der Waals surface area contributed by atoms with Crippen molar-refractivity contribution in [2.75, 3.05) is 37.9 Å². The predicted molar refractivity (Wildman–Crippen MR) is 281 cm³/mol. The maximum atomic E-state index is 11.8. The minimum Gasteiger partial charge on any atom is -0.393 e. The van der Waals surface area contributed by atoms with Gasteiger partial charge in [-0.1, -0.05) is 40.5 Å². The van der Waals surface area contributed by atoms with E-state index in [0.29, 0.717) is 38.5 Å². The van der Waals surface area contributed by atoms with Crippen LogP contribution >= 0.6 is 46.4 Å². The molecule has 0 bridgehead atoms. The molecular weight excluding hydrogens is 1120 g/mol. The van der Waals surface area contributed by atoms with Gasteiger partial charge in [-0.2, -0.15) is 9.97 Å². The zero-order chi connectivity index (χ0) is 58.2. The molecule has 4 fully saturated rings. The number of H-pyrrole nitrogens is 2. The molecule has 4 saturated heterocycles. The van der Waals surface area contributed by atoms with Crippen LogP contribution in [0.4, 0.5) is 11.6 Å². The number of aliphatic hydroxyl groups is 8. The standard InChI is InChI=1S/C12H18ClN3O4.C12H17ClN2O5.C11H16ClN3O4.C11H15ClN2O5/c1-2-4-12(6-17)9(18)8(13)10(20-12)16-5-3-7(14)15-11(16)19;1-2-4-12(6-16)9(18)8(13)10(20-12)15-5-3-7(17)14-11(15)19;1-2-11(5-16)8(17)7(12)9(19-11)15-4-3-6(13)14-10(15)18;1-2-11(5-15)8(17)7(12)9(19-11)14-4-3-6(16)13-10(14)18/h3,5,8-10,17-18H,2,4,6H2,1H3,(H2,14,15,19);3,5,8-10,16,18H,2,4,6H2,1H3,(H,14,17,19);3-4,7-9,16-17H,2,5H2,1H3,(H2,13,14,18);3-4,7-9,15,17H,2,5H2,1H3,(H,13,16,18)/t2*8-,9+,10-,12-;2*7-,8+,9-,11-/m1111/s1. The highest BCUT2D eigenvalue weighted by molar-refractivity contribution is 6.22. The van der Waals surface area contributed by atoms with Crippen LogP contribution < -0.4 is 45.3 Å². The summed E-state index contributed by atoms with van der Waals surface area (Å²) in [4.78, 5) is 80.5. The van der Waals surface area contributed by atoms with Crippen LogP contribution in [0.15, 0.2) is 77.8 Å². The Morgan fingerprint density at radius 2 is 0.756 bits per heavy atom. The van der Waals surface area contributed by atoms with E-state index >= 15 is 0 Å². The zero-order valence-electron chi connectivity index (χ0n) is 42.6.